The van der Waals surface area contributed by atoms with Crippen molar-refractivity contribution in [3.8, 4) is 18.2 Å². The summed E-state index contributed by atoms with van der Waals surface area (Å²) >= 11 is 0. The monoisotopic (exact) mass is 190 g/mol. The zero-order valence-electron chi connectivity index (χ0n) is 8.79. The van der Waals surface area contributed by atoms with Crippen molar-refractivity contribution < 1.29 is 4.74 Å². The summed E-state index contributed by atoms with van der Waals surface area (Å²) in [6.45, 7) is 1.98. The average molecular weight is 190 g/mol. The fourth-order valence-electron chi connectivity index (χ4n) is 2.01. The van der Waals surface area contributed by atoms with Crippen molar-refractivity contribution in [2.45, 2.75) is 25.2 Å². The molecule has 14 heavy (non-hydrogen) atoms. The van der Waals surface area contributed by atoms with E-state index in [0.29, 0.717) is 0 Å². The lowest BCUT2D eigenvalue weighted by atomic mass is 9.97. The van der Waals surface area contributed by atoms with Gasteiger partial charge in [0.05, 0.1) is 23.8 Å². The van der Waals surface area contributed by atoms with Gasteiger partial charge in [-0.05, 0) is 19.8 Å². The molecule has 1 saturated carbocycles. The van der Waals surface area contributed by atoms with E-state index in [1.54, 1.807) is 11.8 Å². The molecule has 1 heterocycles. The van der Waals surface area contributed by atoms with Crippen LogP contribution in [0.2, 0.25) is 0 Å². The van der Waals surface area contributed by atoms with Gasteiger partial charge in [-0.1, -0.05) is 5.92 Å². The summed E-state index contributed by atoms with van der Waals surface area (Å²) in [5, 5.41) is 4.33. The highest BCUT2D eigenvalue weighted by molar-refractivity contribution is 5.49. The molecular formula is C11H14N2O. The van der Waals surface area contributed by atoms with Gasteiger partial charge in [0.2, 0.25) is 5.88 Å². The van der Waals surface area contributed by atoms with Gasteiger partial charge in [-0.25, -0.2) is 4.68 Å². The van der Waals surface area contributed by atoms with Crippen LogP contribution < -0.4 is 4.74 Å². The van der Waals surface area contributed by atoms with Crippen LogP contribution in [0.5, 0.6) is 5.88 Å². The second kappa shape index (κ2) is 2.78. The van der Waals surface area contributed by atoms with E-state index in [0.717, 1.165) is 30.0 Å². The van der Waals surface area contributed by atoms with E-state index in [9.17, 15) is 0 Å². The molecule has 0 spiro atoms. The van der Waals surface area contributed by atoms with E-state index in [1.165, 1.54) is 0 Å². The van der Waals surface area contributed by atoms with Crippen LogP contribution in [0, 0.1) is 19.3 Å². The molecule has 0 unspecified atom stereocenters. The molecule has 1 aromatic rings. The Labute approximate surface area is 84.1 Å². The lowest BCUT2D eigenvalue weighted by Crippen LogP contribution is -2.06. The summed E-state index contributed by atoms with van der Waals surface area (Å²) in [6, 6.07) is 0. The van der Waals surface area contributed by atoms with Crippen LogP contribution in [0.3, 0.4) is 0 Å². The van der Waals surface area contributed by atoms with Crippen LogP contribution in [-0.2, 0) is 12.5 Å². The number of hydrogen-bond donors (Lipinski definition) is 0. The molecule has 0 radical (unpaired) electrons. The third kappa shape index (κ3) is 1.04. The van der Waals surface area contributed by atoms with E-state index in [4.69, 9.17) is 11.2 Å². The van der Waals surface area contributed by atoms with Gasteiger partial charge < -0.3 is 4.74 Å². The maximum atomic E-state index is 5.56. The Bertz CT molecular complexity index is 408. The molecular weight excluding hydrogens is 176 g/mol. The number of aromatic nitrogens is 2. The minimum absolute atomic E-state index is 0.0936. The van der Waals surface area contributed by atoms with Crippen molar-refractivity contribution in [2.24, 2.45) is 7.05 Å². The van der Waals surface area contributed by atoms with E-state index in [-0.39, 0.29) is 5.41 Å². The van der Waals surface area contributed by atoms with Crippen LogP contribution in [0.4, 0.5) is 0 Å². The second-order valence-electron chi connectivity index (χ2n) is 3.82. The van der Waals surface area contributed by atoms with E-state index in [1.807, 2.05) is 14.0 Å². The van der Waals surface area contributed by atoms with Gasteiger partial charge in [0.1, 0.15) is 0 Å². The summed E-state index contributed by atoms with van der Waals surface area (Å²) in [7, 11) is 3.54. The third-order valence-electron chi connectivity index (χ3n) is 2.87. The third-order valence-corrected chi connectivity index (χ3v) is 2.87. The molecule has 0 amide bonds. The Morgan fingerprint density at radius 3 is 2.64 bits per heavy atom. The van der Waals surface area contributed by atoms with Crippen LogP contribution in [0.1, 0.15) is 24.1 Å². The van der Waals surface area contributed by atoms with Gasteiger partial charge in [0.15, 0.2) is 0 Å². The number of ether oxygens (including phenoxy) is 1. The van der Waals surface area contributed by atoms with Gasteiger partial charge in [0, 0.05) is 7.05 Å². The summed E-state index contributed by atoms with van der Waals surface area (Å²) in [5.41, 5.74) is 1.99. The lowest BCUT2D eigenvalue weighted by molar-refractivity contribution is 0.367. The predicted octanol–water partition coefficient (Wildman–Crippen LogP) is 1.40. The molecule has 74 valence electrons. The Kier molecular flexibility index (Phi) is 1.81. The fraction of sp³-hybridized carbons (Fsp3) is 0.545. The first-order valence-corrected chi connectivity index (χ1v) is 4.70. The minimum atomic E-state index is -0.0936. The molecule has 0 bridgehead atoms. The highest BCUT2D eigenvalue weighted by atomic mass is 16.5. The molecule has 0 aromatic carbocycles. The zero-order chi connectivity index (χ0) is 10.3. The number of methoxy groups -OCH3 is 1. The molecule has 3 nitrogen and oxygen atoms in total. The van der Waals surface area contributed by atoms with Crippen molar-refractivity contribution in [2.75, 3.05) is 7.11 Å². The molecule has 1 aromatic heterocycles. The predicted molar refractivity (Wildman–Crippen MR) is 54.2 cm³/mol. The first kappa shape index (κ1) is 9.14. The second-order valence-corrected chi connectivity index (χ2v) is 3.82. The standard InChI is InChI=1S/C11H14N2O/c1-5-11(6-7-11)9-8(2)12-13(3)10(9)14-4/h1H,6-7H2,2-4H3. The fourth-order valence-corrected chi connectivity index (χ4v) is 2.01. The van der Waals surface area contributed by atoms with Crippen molar-refractivity contribution in [3.63, 3.8) is 0 Å². The summed E-state index contributed by atoms with van der Waals surface area (Å²) < 4.78 is 7.08. The van der Waals surface area contributed by atoms with Crippen LogP contribution >= 0.6 is 0 Å². The molecule has 0 aliphatic heterocycles. The molecule has 3 heteroatoms. The number of aryl methyl sites for hydroxylation is 2. The van der Waals surface area contributed by atoms with E-state index < -0.39 is 0 Å². The average Bonchev–Trinajstić information content (AvgIpc) is 2.88. The van der Waals surface area contributed by atoms with Gasteiger partial charge in [0.25, 0.3) is 0 Å². The Balaban J connectivity index is 2.58. The van der Waals surface area contributed by atoms with Crippen LogP contribution in [-0.4, -0.2) is 16.9 Å². The summed E-state index contributed by atoms with van der Waals surface area (Å²) in [6.07, 6.45) is 7.66. The van der Waals surface area contributed by atoms with Gasteiger partial charge in [-0.15, -0.1) is 6.42 Å². The molecule has 0 N–H and O–H groups in total. The maximum absolute atomic E-state index is 5.56. The largest absolute Gasteiger partial charge is 0.481 e. The Morgan fingerprint density at radius 1 is 1.57 bits per heavy atom. The van der Waals surface area contributed by atoms with Gasteiger partial charge in [-0.2, -0.15) is 5.10 Å². The number of hydrogen-bond acceptors (Lipinski definition) is 2. The van der Waals surface area contributed by atoms with Crippen molar-refractivity contribution >= 4 is 0 Å². The molecule has 0 atom stereocenters. The zero-order valence-corrected chi connectivity index (χ0v) is 8.79. The highest BCUT2D eigenvalue weighted by Crippen LogP contribution is 2.51. The quantitative estimate of drug-likeness (QED) is 0.659. The normalized spacial score (nSPS) is 17.6. The first-order chi connectivity index (χ1) is 6.64. The van der Waals surface area contributed by atoms with Gasteiger partial charge >= 0.3 is 0 Å². The maximum Gasteiger partial charge on any atom is 0.216 e. The van der Waals surface area contributed by atoms with Crippen molar-refractivity contribution in [3.05, 3.63) is 11.3 Å². The lowest BCUT2D eigenvalue weighted by Gasteiger charge is -2.09. The highest BCUT2D eigenvalue weighted by Gasteiger charge is 2.47. The molecule has 1 aliphatic rings. The molecule has 0 saturated heterocycles. The van der Waals surface area contributed by atoms with Crippen molar-refractivity contribution in [1.82, 2.24) is 9.78 Å². The number of terminal acetylenes is 1. The van der Waals surface area contributed by atoms with Gasteiger partial charge in [-0.3, -0.25) is 0 Å². The topological polar surface area (TPSA) is 27.1 Å². The van der Waals surface area contributed by atoms with Crippen LogP contribution in [0.15, 0.2) is 0 Å². The minimum Gasteiger partial charge on any atom is -0.481 e. The Morgan fingerprint density at radius 2 is 2.21 bits per heavy atom. The Hall–Kier alpha value is -1.43. The summed E-state index contributed by atoms with van der Waals surface area (Å²) in [4.78, 5) is 0. The van der Waals surface area contributed by atoms with E-state index >= 15 is 0 Å². The number of nitrogens with zero attached hydrogens (tertiary/aromatic N) is 2. The first-order valence-electron chi connectivity index (χ1n) is 4.70. The van der Waals surface area contributed by atoms with Crippen LogP contribution in [0.25, 0.3) is 0 Å². The van der Waals surface area contributed by atoms with E-state index in [2.05, 4.69) is 11.0 Å². The molecule has 1 aliphatic carbocycles. The molecule has 2 rings (SSSR count). The van der Waals surface area contributed by atoms with Crippen molar-refractivity contribution in [1.29, 1.82) is 0 Å². The molecule has 1 fully saturated rings. The smallest absolute Gasteiger partial charge is 0.216 e. The SMILES string of the molecule is C#CC1(c2c(C)nn(C)c2OC)CC1. The summed E-state index contributed by atoms with van der Waals surface area (Å²) in [5.74, 6) is 3.67. The number of rotatable bonds is 2.